The molecular formula is C11H17ClO. The Balaban J connectivity index is 0.000000671. The fraction of sp³-hybridized carbons (Fsp3) is 0.455. The third-order valence-corrected chi connectivity index (χ3v) is 1.86. The molecule has 0 aliphatic carbocycles. The lowest BCUT2D eigenvalue weighted by atomic mass is 10.1. The van der Waals surface area contributed by atoms with E-state index in [-0.39, 0.29) is 0 Å². The van der Waals surface area contributed by atoms with E-state index in [1.54, 1.807) is 7.11 Å². The largest absolute Gasteiger partial charge is 0.495 e. The van der Waals surface area contributed by atoms with Crippen LogP contribution in [0, 0.1) is 13.8 Å². The second-order valence-electron chi connectivity index (χ2n) is 2.60. The van der Waals surface area contributed by atoms with Gasteiger partial charge in [-0.1, -0.05) is 31.5 Å². The number of ether oxygens (including phenoxy) is 1. The summed E-state index contributed by atoms with van der Waals surface area (Å²) in [6.45, 7) is 8.00. The zero-order valence-electron chi connectivity index (χ0n) is 8.94. The molecule has 1 nitrogen and oxygen atoms in total. The maximum Gasteiger partial charge on any atom is 0.140 e. The number of benzene rings is 1. The highest BCUT2D eigenvalue weighted by molar-refractivity contribution is 6.32. The Hall–Kier alpha value is -0.690. The second-order valence-corrected chi connectivity index (χ2v) is 3.00. The molecule has 74 valence electrons. The van der Waals surface area contributed by atoms with Gasteiger partial charge in [-0.15, -0.1) is 0 Å². The van der Waals surface area contributed by atoms with Crippen molar-refractivity contribution in [2.45, 2.75) is 27.7 Å². The molecule has 2 heteroatoms. The fourth-order valence-electron chi connectivity index (χ4n) is 1.16. The van der Waals surface area contributed by atoms with Crippen molar-refractivity contribution < 1.29 is 4.74 Å². The predicted octanol–water partition coefficient (Wildman–Crippen LogP) is 3.99. The predicted molar refractivity (Wildman–Crippen MR) is 58.8 cm³/mol. The van der Waals surface area contributed by atoms with E-state index in [1.165, 1.54) is 0 Å². The van der Waals surface area contributed by atoms with Crippen LogP contribution in [-0.2, 0) is 0 Å². The molecule has 1 aromatic rings. The van der Waals surface area contributed by atoms with E-state index in [0.717, 1.165) is 16.9 Å². The maximum absolute atomic E-state index is 5.91. The summed E-state index contributed by atoms with van der Waals surface area (Å²) in [6, 6.07) is 3.94. The Morgan fingerprint density at radius 2 is 1.69 bits per heavy atom. The van der Waals surface area contributed by atoms with Gasteiger partial charge in [0.2, 0.25) is 0 Å². The minimum absolute atomic E-state index is 0.685. The first-order valence-corrected chi connectivity index (χ1v) is 4.83. The molecule has 0 aliphatic rings. The summed E-state index contributed by atoms with van der Waals surface area (Å²) in [7, 11) is 1.63. The number of halogens is 1. The molecule has 0 heterocycles. The molecule has 13 heavy (non-hydrogen) atoms. The van der Waals surface area contributed by atoms with Crippen LogP contribution in [0.1, 0.15) is 25.0 Å². The van der Waals surface area contributed by atoms with Gasteiger partial charge in [0.1, 0.15) is 5.75 Å². The van der Waals surface area contributed by atoms with Crippen molar-refractivity contribution in [2.24, 2.45) is 0 Å². The van der Waals surface area contributed by atoms with Gasteiger partial charge in [0, 0.05) is 0 Å². The summed E-state index contributed by atoms with van der Waals surface area (Å²) in [5.41, 5.74) is 2.24. The van der Waals surface area contributed by atoms with E-state index in [0.29, 0.717) is 5.02 Å². The molecule has 0 aromatic heterocycles. The quantitative estimate of drug-likeness (QED) is 0.666. The lowest BCUT2D eigenvalue weighted by Crippen LogP contribution is -1.88. The minimum atomic E-state index is 0.685. The van der Waals surface area contributed by atoms with Gasteiger partial charge in [-0.25, -0.2) is 0 Å². The smallest absolute Gasteiger partial charge is 0.140 e. The number of aryl methyl sites for hydroxylation is 2. The molecule has 1 aromatic carbocycles. The molecule has 0 saturated carbocycles. The van der Waals surface area contributed by atoms with Crippen LogP contribution in [0.15, 0.2) is 12.1 Å². The monoisotopic (exact) mass is 200 g/mol. The number of hydrogen-bond donors (Lipinski definition) is 0. The summed E-state index contributed by atoms with van der Waals surface area (Å²) >= 11 is 5.91. The Kier molecular flexibility index (Phi) is 5.56. The van der Waals surface area contributed by atoms with Gasteiger partial charge in [-0.05, 0) is 31.0 Å². The minimum Gasteiger partial charge on any atom is -0.495 e. The second kappa shape index (κ2) is 5.87. The average molecular weight is 201 g/mol. The van der Waals surface area contributed by atoms with Crippen LogP contribution in [0.3, 0.4) is 0 Å². The highest BCUT2D eigenvalue weighted by Crippen LogP contribution is 2.28. The Labute approximate surface area is 85.7 Å². The van der Waals surface area contributed by atoms with Crippen LogP contribution in [0.5, 0.6) is 5.75 Å². The van der Waals surface area contributed by atoms with Gasteiger partial charge >= 0.3 is 0 Å². The van der Waals surface area contributed by atoms with Crippen molar-refractivity contribution in [3.63, 3.8) is 0 Å². The van der Waals surface area contributed by atoms with E-state index in [9.17, 15) is 0 Å². The lowest BCUT2D eigenvalue weighted by molar-refractivity contribution is 0.412. The highest BCUT2D eigenvalue weighted by atomic mass is 35.5. The van der Waals surface area contributed by atoms with Crippen molar-refractivity contribution >= 4 is 11.6 Å². The zero-order chi connectivity index (χ0) is 10.4. The first kappa shape index (κ1) is 12.3. The Morgan fingerprint density at radius 1 is 1.15 bits per heavy atom. The molecular weight excluding hydrogens is 184 g/mol. The van der Waals surface area contributed by atoms with E-state index < -0.39 is 0 Å². The van der Waals surface area contributed by atoms with Crippen LogP contribution < -0.4 is 4.74 Å². The molecule has 0 aliphatic heterocycles. The Morgan fingerprint density at radius 3 is 2.08 bits per heavy atom. The van der Waals surface area contributed by atoms with E-state index in [1.807, 2.05) is 39.8 Å². The van der Waals surface area contributed by atoms with Crippen molar-refractivity contribution in [1.82, 2.24) is 0 Å². The van der Waals surface area contributed by atoms with E-state index in [4.69, 9.17) is 16.3 Å². The average Bonchev–Trinajstić information content (AvgIpc) is 2.07. The number of methoxy groups -OCH3 is 1. The first-order chi connectivity index (χ1) is 6.15. The van der Waals surface area contributed by atoms with Crippen molar-refractivity contribution in [2.75, 3.05) is 7.11 Å². The van der Waals surface area contributed by atoms with E-state index >= 15 is 0 Å². The third-order valence-electron chi connectivity index (χ3n) is 1.58. The summed E-state index contributed by atoms with van der Waals surface area (Å²) < 4.78 is 5.10. The van der Waals surface area contributed by atoms with Crippen LogP contribution in [0.4, 0.5) is 0 Å². The SMILES string of the molecule is CC.COc1c(C)cc(C)cc1Cl. The van der Waals surface area contributed by atoms with Gasteiger partial charge in [0.25, 0.3) is 0 Å². The number of hydrogen-bond acceptors (Lipinski definition) is 1. The van der Waals surface area contributed by atoms with Gasteiger partial charge < -0.3 is 4.74 Å². The molecule has 0 fully saturated rings. The molecule has 1 rings (SSSR count). The molecule has 0 bridgehead atoms. The molecule has 0 atom stereocenters. The highest BCUT2D eigenvalue weighted by Gasteiger charge is 2.03. The topological polar surface area (TPSA) is 9.23 Å². The number of rotatable bonds is 1. The van der Waals surface area contributed by atoms with Gasteiger partial charge in [0.05, 0.1) is 12.1 Å². The van der Waals surface area contributed by atoms with Crippen LogP contribution in [0.2, 0.25) is 5.02 Å². The summed E-state index contributed by atoms with van der Waals surface area (Å²) in [4.78, 5) is 0. The molecule has 0 amide bonds. The molecule has 0 spiro atoms. The third kappa shape index (κ3) is 3.27. The maximum atomic E-state index is 5.91. The standard InChI is InChI=1S/C9H11ClO.C2H6/c1-6-4-7(2)9(11-3)8(10)5-6;1-2/h4-5H,1-3H3;1-2H3. The van der Waals surface area contributed by atoms with Crippen molar-refractivity contribution in [1.29, 1.82) is 0 Å². The van der Waals surface area contributed by atoms with E-state index in [2.05, 4.69) is 0 Å². The van der Waals surface area contributed by atoms with Crippen LogP contribution >= 0.6 is 11.6 Å². The van der Waals surface area contributed by atoms with Crippen molar-refractivity contribution in [3.8, 4) is 5.75 Å². The molecule has 0 saturated heterocycles. The summed E-state index contributed by atoms with van der Waals surface area (Å²) in [5.74, 6) is 0.775. The normalized spacial score (nSPS) is 8.77. The Bertz CT molecular complexity index is 246. The van der Waals surface area contributed by atoms with Gasteiger partial charge in [0.15, 0.2) is 0 Å². The van der Waals surface area contributed by atoms with Crippen molar-refractivity contribution in [3.05, 3.63) is 28.3 Å². The fourth-order valence-corrected chi connectivity index (χ4v) is 1.56. The first-order valence-electron chi connectivity index (χ1n) is 4.46. The zero-order valence-corrected chi connectivity index (χ0v) is 9.70. The van der Waals surface area contributed by atoms with Gasteiger partial charge in [-0.3, -0.25) is 0 Å². The lowest BCUT2D eigenvalue weighted by Gasteiger charge is -2.07. The summed E-state index contributed by atoms with van der Waals surface area (Å²) in [5, 5.41) is 0.685. The van der Waals surface area contributed by atoms with Crippen LogP contribution in [0.25, 0.3) is 0 Å². The summed E-state index contributed by atoms with van der Waals surface area (Å²) in [6.07, 6.45) is 0. The molecule has 0 N–H and O–H groups in total. The van der Waals surface area contributed by atoms with Gasteiger partial charge in [-0.2, -0.15) is 0 Å². The molecule has 0 radical (unpaired) electrons. The molecule has 0 unspecified atom stereocenters. The van der Waals surface area contributed by atoms with Crippen LogP contribution in [-0.4, -0.2) is 7.11 Å².